The van der Waals surface area contributed by atoms with E-state index in [1.54, 1.807) is 30.3 Å². The molecule has 0 bridgehead atoms. The van der Waals surface area contributed by atoms with E-state index >= 15 is 0 Å². The lowest BCUT2D eigenvalue weighted by Crippen LogP contribution is -2.14. The van der Waals surface area contributed by atoms with Gasteiger partial charge < -0.3 is 18.8 Å². The number of hydrogen-bond donors (Lipinski definition) is 1. The quantitative estimate of drug-likeness (QED) is 0.444. The van der Waals surface area contributed by atoms with Crippen molar-refractivity contribution in [2.45, 2.75) is 4.90 Å². The van der Waals surface area contributed by atoms with Gasteiger partial charge in [-0.2, -0.15) is 4.98 Å². The Bertz CT molecular complexity index is 1460. The Kier molecular flexibility index (Phi) is 5.39. The summed E-state index contributed by atoms with van der Waals surface area (Å²) in [6.07, 6.45) is 0. The second-order valence-corrected chi connectivity index (χ2v) is 8.66. The summed E-state index contributed by atoms with van der Waals surface area (Å²) < 4.78 is 45.6. The Morgan fingerprint density at radius 3 is 2.41 bits per heavy atom. The average Bonchev–Trinajstić information content (AvgIpc) is 3.09. The minimum absolute atomic E-state index is 0.0763. The number of carbonyl (C=O) groups is 1. The maximum Gasteiger partial charge on any atom is 0.337 e. The number of aromatic nitrogens is 2. The normalized spacial score (nSPS) is 11.5. The van der Waals surface area contributed by atoms with Gasteiger partial charge in [0.15, 0.2) is 0 Å². The predicted octanol–water partition coefficient (Wildman–Crippen LogP) is 3.33. The standard InChI is InChI=1S/C22H21N3O6S/c1-25-18-9-6-14(12-16(18)15-7-5-13(11-19(15)25)22(26)31-4)32(27,28)24-17-8-10-20(29-2)23-21(17)30-3/h5-12,24H,1-4H3. The largest absolute Gasteiger partial charge is 0.481 e. The summed E-state index contributed by atoms with van der Waals surface area (Å²) in [7, 11) is 2.09. The summed E-state index contributed by atoms with van der Waals surface area (Å²) in [5.74, 6) is -0.0468. The monoisotopic (exact) mass is 455 g/mol. The molecule has 9 nitrogen and oxygen atoms in total. The van der Waals surface area contributed by atoms with Crippen molar-refractivity contribution in [3.63, 3.8) is 0 Å². The van der Waals surface area contributed by atoms with Crippen LogP contribution < -0.4 is 14.2 Å². The van der Waals surface area contributed by atoms with E-state index in [9.17, 15) is 13.2 Å². The molecular weight excluding hydrogens is 434 g/mol. The van der Waals surface area contributed by atoms with E-state index in [-0.39, 0.29) is 16.5 Å². The number of ether oxygens (including phenoxy) is 3. The van der Waals surface area contributed by atoms with Gasteiger partial charge in [-0.05, 0) is 36.4 Å². The van der Waals surface area contributed by atoms with E-state index in [1.807, 2.05) is 11.6 Å². The van der Waals surface area contributed by atoms with Crippen molar-refractivity contribution in [1.82, 2.24) is 9.55 Å². The second-order valence-electron chi connectivity index (χ2n) is 6.98. The first-order chi connectivity index (χ1) is 15.3. The molecule has 0 atom stereocenters. The molecule has 2 aromatic heterocycles. The minimum Gasteiger partial charge on any atom is -0.481 e. The smallest absolute Gasteiger partial charge is 0.337 e. The molecule has 0 spiro atoms. The maximum atomic E-state index is 13.1. The lowest BCUT2D eigenvalue weighted by molar-refractivity contribution is 0.0601. The number of methoxy groups -OCH3 is 3. The van der Waals surface area contributed by atoms with Crippen LogP contribution in [0.5, 0.6) is 11.8 Å². The van der Waals surface area contributed by atoms with Gasteiger partial charge >= 0.3 is 5.97 Å². The molecule has 0 aliphatic rings. The Hall–Kier alpha value is -3.79. The third-order valence-corrected chi connectivity index (χ3v) is 6.55. The summed E-state index contributed by atoms with van der Waals surface area (Å²) >= 11 is 0. The number of fused-ring (bicyclic) bond motifs is 3. The number of sulfonamides is 1. The van der Waals surface area contributed by atoms with Gasteiger partial charge in [0.05, 0.1) is 31.8 Å². The van der Waals surface area contributed by atoms with E-state index < -0.39 is 16.0 Å². The molecule has 0 aliphatic heterocycles. The van der Waals surface area contributed by atoms with Gasteiger partial charge in [-0.1, -0.05) is 6.07 Å². The highest BCUT2D eigenvalue weighted by atomic mass is 32.2. The molecule has 0 saturated carbocycles. The summed E-state index contributed by atoms with van der Waals surface area (Å²) in [5, 5.41) is 1.55. The van der Waals surface area contributed by atoms with Crippen LogP contribution in [0.3, 0.4) is 0 Å². The number of pyridine rings is 1. The summed E-state index contributed by atoms with van der Waals surface area (Å²) in [4.78, 5) is 16.1. The highest BCUT2D eigenvalue weighted by molar-refractivity contribution is 7.92. The Morgan fingerprint density at radius 1 is 0.938 bits per heavy atom. The van der Waals surface area contributed by atoms with Crippen molar-refractivity contribution in [3.05, 3.63) is 54.1 Å². The summed E-state index contributed by atoms with van der Waals surface area (Å²) in [6.45, 7) is 0. The topological polar surface area (TPSA) is 109 Å². The van der Waals surface area contributed by atoms with Gasteiger partial charge in [0, 0.05) is 34.9 Å². The zero-order valence-corrected chi connectivity index (χ0v) is 18.7. The van der Waals surface area contributed by atoms with Crippen molar-refractivity contribution < 1.29 is 27.4 Å². The van der Waals surface area contributed by atoms with E-state index in [0.717, 1.165) is 21.8 Å². The van der Waals surface area contributed by atoms with Gasteiger partial charge in [0.1, 0.15) is 5.69 Å². The molecule has 1 N–H and O–H groups in total. The highest BCUT2D eigenvalue weighted by Gasteiger charge is 2.20. The molecule has 32 heavy (non-hydrogen) atoms. The van der Waals surface area contributed by atoms with Gasteiger partial charge in [0.2, 0.25) is 11.8 Å². The fourth-order valence-corrected chi connectivity index (χ4v) is 4.66. The fourth-order valence-electron chi connectivity index (χ4n) is 3.58. The lowest BCUT2D eigenvalue weighted by Gasteiger charge is -2.12. The van der Waals surface area contributed by atoms with E-state index in [4.69, 9.17) is 14.2 Å². The van der Waals surface area contributed by atoms with Crippen LogP contribution in [0.2, 0.25) is 0 Å². The first-order valence-corrected chi connectivity index (χ1v) is 11.0. The van der Waals surface area contributed by atoms with Crippen LogP contribution in [0.15, 0.2) is 53.4 Å². The fraction of sp³-hybridized carbons (Fsp3) is 0.182. The SMILES string of the molecule is COC(=O)c1ccc2c3cc(S(=O)(=O)Nc4ccc(OC)nc4OC)ccc3n(C)c2c1. The van der Waals surface area contributed by atoms with Gasteiger partial charge in [0.25, 0.3) is 10.0 Å². The Morgan fingerprint density at radius 2 is 1.72 bits per heavy atom. The molecule has 0 radical (unpaired) electrons. The molecule has 0 saturated heterocycles. The van der Waals surface area contributed by atoms with Crippen molar-refractivity contribution in [1.29, 1.82) is 0 Å². The number of nitrogens with zero attached hydrogens (tertiary/aromatic N) is 2. The van der Waals surface area contributed by atoms with Gasteiger partial charge in [-0.3, -0.25) is 4.72 Å². The van der Waals surface area contributed by atoms with Crippen LogP contribution in [0.4, 0.5) is 5.69 Å². The molecular formula is C22H21N3O6S. The van der Waals surface area contributed by atoms with Crippen LogP contribution in [-0.4, -0.2) is 45.3 Å². The molecule has 2 heterocycles. The van der Waals surface area contributed by atoms with Crippen molar-refractivity contribution in [3.8, 4) is 11.8 Å². The third-order valence-electron chi connectivity index (χ3n) is 5.19. The zero-order valence-electron chi connectivity index (χ0n) is 17.9. The number of hydrogen-bond acceptors (Lipinski definition) is 7. The molecule has 2 aromatic carbocycles. The van der Waals surface area contributed by atoms with Crippen LogP contribution in [0, 0.1) is 0 Å². The van der Waals surface area contributed by atoms with E-state index in [1.165, 1.54) is 39.5 Å². The maximum absolute atomic E-state index is 13.1. The molecule has 166 valence electrons. The van der Waals surface area contributed by atoms with Crippen LogP contribution in [0.25, 0.3) is 21.8 Å². The first-order valence-electron chi connectivity index (χ1n) is 9.51. The molecule has 0 unspecified atom stereocenters. The Labute approximate surface area is 184 Å². The zero-order chi connectivity index (χ0) is 23.0. The molecule has 0 amide bonds. The van der Waals surface area contributed by atoms with Gasteiger partial charge in [-0.25, -0.2) is 13.2 Å². The molecule has 4 rings (SSSR count). The molecule has 4 aromatic rings. The third kappa shape index (κ3) is 3.58. The molecule has 0 aliphatic carbocycles. The predicted molar refractivity (Wildman–Crippen MR) is 120 cm³/mol. The second kappa shape index (κ2) is 8.04. The van der Waals surface area contributed by atoms with Crippen LogP contribution >= 0.6 is 0 Å². The van der Waals surface area contributed by atoms with Crippen molar-refractivity contribution >= 4 is 43.5 Å². The van der Waals surface area contributed by atoms with Crippen molar-refractivity contribution in [2.75, 3.05) is 26.1 Å². The minimum atomic E-state index is -3.94. The number of aryl methyl sites for hydroxylation is 1. The highest BCUT2D eigenvalue weighted by Crippen LogP contribution is 2.32. The number of anilines is 1. The van der Waals surface area contributed by atoms with Gasteiger partial charge in [-0.15, -0.1) is 0 Å². The molecule has 10 heteroatoms. The Balaban J connectivity index is 1.79. The molecule has 0 fully saturated rings. The summed E-state index contributed by atoms with van der Waals surface area (Å²) in [6, 6.07) is 13.1. The number of benzene rings is 2. The average molecular weight is 455 g/mol. The summed E-state index contributed by atoms with van der Waals surface area (Å²) in [5.41, 5.74) is 2.21. The van der Waals surface area contributed by atoms with E-state index in [2.05, 4.69) is 9.71 Å². The number of nitrogens with one attached hydrogen (secondary N) is 1. The van der Waals surface area contributed by atoms with Crippen molar-refractivity contribution in [2.24, 2.45) is 7.05 Å². The van der Waals surface area contributed by atoms with E-state index in [0.29, 0.717) is 11.4 Å². The van der Waals surface area contributed by atoms with Crippen LogP contribution in [0.1, 0.15) is 10.4 Å². The number of esters is 1. The number of rotatable bonds is 6. The lowest BCUT2D eigenvalue weighted by atomic mass is 10.1. The first kappa shape index (κ1) is 21.4. The van der Waals surface area contributed by atoms with Crippen LogP contribution in [-0.2, 0) is 21.8 Å². The number of carbonyl (C=O) groups excluding carboxylic acids is 1.